The molecule has 2 nitrogen and oxygen atoms in total. The Balaban J connectivity index is 3.34. The van der Waals surface area contributed by atoms with Crippen LogP contribution in [0.4, 0.5) is 0 Å². The Hall–Kier alpha value is -1.41. The minimum atomic E-state index is -0.524. The smallest absolute Gasteiger partial charge is 0.385 e. The van der Waals surface area contributed by atoms with E-state index in [9.17, 15) is 4.79 Å². The molecule has 0 radical (unpaired) electrons. The first-order valence-corrected chi connectivity index (χ1v) is 5.90. The highest BCUT2D eigenvalue weighted by Crippen LogP contribution is 2.05. The van der Waals surface area contributed by atoms with E-state index in [1.165, 1.54) is 32.1 Å². The van der Waals surface area contributed by atoms with E-state index in [0.717, 1.165) is 12.8 Å². The number of terminal acetylenes is 1. The molecule has 0 unspecified atom stereocenters. The molecule has 16 heavy (non-hydrogen) atoms. The summed E-state index contributed by atoms with van der Waals surface area (Å²) in [7, 11) is 0. The minimum Gasteiger partial charge on any atom is -0.443 e. The molecule has 0 bridgehead atoms. The molecule has 0 aromatic carbocycles. The van der Waals surface area contributed by atoms with E-state index in [1.807, 2.05) is 0 Å². The monoisotopic (exact) mass is 220 g/mol. The zero-order chi connectivity index (χ0) is 12.1. The summed E-state index contributed by atoms with van der Waals surface area (Å²) in [6, 6.07) is 0. The van der Waals surface area contributed by atoms with Crippen LogP contribution in [0, 0.1) is 24.2 Å². The first kappa shape index (κ1) is 14.6. The summed E-state index contributed by atoms with van der Waals surface area (Å²) in [4.78, 5) is 10.9. The van der Waals surface area contributed by atoms with Crippen molar-refractivity contribution in [1.82, 2.24) is 0 Å². The molecule has 0 rings (SSSR count). The third-order valence-corrected chi connectivity index (χ3v) is 2.13. The van der Waals surface area contributed by atoms with E-state index in [4.69, 9.17) is 6.42 Å². The van der Waals surface area contributed by atoms with E-state index < -0.39 is 5.97 Å². The molecular weight excluding hydrogens is 200 g/mol. The quantitative estimate of drug-likeness (QED) is 0.285. The molecule has 0 aromatic heterocycles. The number of unbranched alkanes of at least 4 members (excludes halogenated alkanes) is 6. The van der Waals surface area contributed by atoms with Gasteiger partial charge >= 0.3 is 5.97 Å². The molecule has 0 N–H and O–H groups in total. The van der Waals surface area contributed by atoms with Crippen molar-refractivity contribution >= 4 is 5.97 Å². The van der Waals surface area contributed by atoms with Gasteiger partial charge in [0.1, 0.15) is 0 Å². The third-order valence-electron chi connectivity index (χ3n) is 2.13. The molecule has 0 saturated carbocycles. The van der Waals surface area contributed by atoms with Gasteiger partial charge in [-0.2, -0.15) is 0 Å². The molecule has 0 aliphatic heterocycles. The maximum absolute atomic E-state index is 10.9. The fraction of sp³-hybridized carbons (Fsp3) is 0.643. The highest BCUT2D eigenvalue weighted by molar-refractivity contribution is 5.88. The Kier molecular flexibility index (Phi) is 10.6. The molecule has 0 aliphatic rings. The summed E-state index contributed by atoms with van der Waals surface area (Å²) in [5, 5.41) is 0. The molecule has 0 saturated heterocycles. The summed E-state index contributed by atoms with van der Waals surface area (Å²) in [5.41, 5.74) is 0. The highest BCUT2D eigenvalue weighted by atomic mass is 16.5. The van der Waals surface area contributed by atoms with Crippen LogP contribution in [-0.4, -0.2) is 12.6 Å². The van der Waals surface area contributed by atoms with Gasteiger partial charge in [0.2, 0.25) is 0 Å². The van der Waals surface area contributed by atoms with Crippen LogP contribution in [0.3, 0.4) is 0 Å². The van der Waals surface area contributed by atoms with Crippen molar-refractivity contribution < 1.29 is 9.53 Å². The third kappa shape index (κ3) is 10.7. The number of ether oxygens (including phenoxy) is 1. The Morgan fingerprint density at radius 3 is 2.56 bits per heavy atom. The average Bonchev–Trinajstić information content (AvgIpc) is 2.30. The van der Waals surface area contributed by atoms with E-state index in [-0.39, 0.29) is 6.61 Å². The van der Waals surface area contributed by atoms with Crippen LogP contribution in [0.2, 0.25) is 0 Å². The zero-order valence-corrected chi connectivity index (χ0v) is 10.1. The number of esters is 1. The molecule has 0 atom stereocenters. The molecule has 0 aliphatic carbocycles. The van der Waals surface area contributed by atoms with Crippen LogP contribution in [0.1, 0.15) is 51.9 Å². The number of carbonyl (C=O) groups excluding carboxylic acids is 1. The Morgan fingerprint density at radius 1 is 1.19 bits per heavy atom. The van der Waals surface area contributed by atoms with Gasteiger partial charge in [0.25, 0.3) is 0 Å². The Morgan fingerprint density at radius 2 is 1.88 bits per heavy atom. The summed E-state index contributed by atoms with van der Waals surface area (Å²) in [5.74, 6) is 6.90. The summed E-state index contributed by atoms with van der Waals surface area (Å²) >= 11 is 0. The minimum absolute atomic E-state index is 0.00450. The van der Waals surface area contributed by atoms with Gasteiger partial charge in [-0.3, -0.25) is 0 Å². The number of hydrogen-bond acceptors (Lipinski definition) is 2. The summed E-state index contributed by atoms with van der Waals surface area (Å²) < 4.78 is 4.60. The van der Waals surface area contributed by atoms with Crippen LogP contribution >= 0.6 is 0 Å². The second-order valence-corrected chi connectivity index (χ2v) is 3.60. The van der Waals surface area contributed by atoms with E-state index in [2.05, 4.69) is 29.4 Å². The van der Waals surface area contributed by atoms with Gasteiger partial charge in [0, 0.05) is 12.3 Å². The Labute approximate surface area is 98.8 Å². The largest absolute Gasteiger partial charge is 0.443 e. The highest BCUT2D eigenvalue weighted by Gasteiger charge is 1.92. The van der Waals surface area contributed by atoms with E-state index in [1.54, 1.807) is 0 Å². The van der Waals surface area contributed by atoms with Crippen molar-refractivity contribution in [3.63, 3.8) is 0 Å². The number of rotatable bonds is 7. The van der Waals surface area contributed by atoms with E-state index in [0.29, 0.717) is 0 Å². The SMILES string of the molecule is C#CCOC(=O)C#CCCCCCCCC. The normalized spacial score (nSPS) is 8.75. The van der Waals surface area contributed by atoms with Gasteiger partial charge in [0.05, 0.1) is 0 Å². The van der Waals surface area contributed by atoms with Gasteiger partial charge in [0.15, 0.2) is 6.61 Å². The van der Waals surface area contributed by atoms with Crippen molar-refractivity contribution in [2.75, 3.05) is 6.61 Å². The van der Waals surface area contributed by atoms with Crippen molar-refractivity contribution in [3.8, 4) is 24.2 Å². The standard InChI is InChI=1S/C14H20O2/c1-3-5-6-7-8-9-10-11-12-14(15)16-13-4-2/h2H,3,5-10,13H2,1H3. The van der Waals surface area contributed by atoms with Gasteiger partial charge < -0.3 is 4.74 Å². The topological polar surface area (TPSA) is 26.3 Å². The lowest BCUT2D eigenvalue weighted by Crippen LogP contribution is -2.00. The van der Waals surface area contributed by atoms with Crippen molar-refractivity contribution in [2.45, 2.75) is 51.9 Å². The molecule has 0 spiro atoms. The van der Waals surface area contributed by atoms with Crippen molar-refractivity contribution in [3.05, 3.63) is 0 Å². The lowest BCUT2D eigenvalue weighted by Gasteiger charge is -1.96. The first-order valence-electron chi connectivity index (χ1n) is 5.90. The maximum atomic E-state index is 10.9. The fourth-order valence-electron chi connectivity index (χ4n) is 1.27. The lowest BCUT2D eigenvalue weighted by atomic mass is 10.1. The second-order valence-electron chi connectivity index (χ2n) is 3.60. The Bertz CT molecular complexity index is 275. The van der Waals surface area contributed by atoms with Crippen LogP contribution in [0.25, 0.3) is 0 Å². The number of hydrogen-bond donors (Lipinski definition) is 0. The van der Waals surface area contributed by atoms with E-state index >= 15 is 0 Å². The van der Waals surface area contributed by atoms with Gasteiger partial charge in [-0.25, -0.2) is 4.79 Å². The van der Waals surface area contributed by atoms with Crippen LogP contribution < -0.4 is 0 Å². The first-order chi connectivity index (χ1) is 7.81. The zero-order valence-electron chi connectivity index (χ0n) is 10.1. The fourth-order valence-corrected chi connectivity index (χ4v) is 1.27. The van der Waals surface area contributed by atoms with Crippen LogP contribution in [-0.2, 0) is 9.53 Å². The number of carbonyl (C=O) groups is 1. The predicted octanol–water partition coefficient (Wildman–Crippen LogP) is 2.92. The molecule has 0 heterocycles. The second kappa shape index (κ2) is 11.7. The molecule has 88 valence electrons. The van der Waals surface area contributed by atoms with Gasteiger partial charge in [-0.1, -0.05) is 50.9 Å². The maximum Gasteiger partial charge on any atom is 0.385 e. The van der Waals surface area contributed by atoms with Crippen LogP contribution in [0.5, 0.6) is 0 Å². The van der Waals surface area contributed by atoms with Crippen molar-refractivity contribution in [1.29, 1.82) is 0 Å². The van der Waals surface area contributed by atoms with Gasteiger partial charge in [-0.05, 0) is 6.42 Å². The molecular formula is C14H20O2. The van der Waals surface area contributed by atoms with Crippen molar-refractivity contribution in [2.24, 2.45) is 0 Å². The molecule has 0 fully saturated rings. The summed E-state index contributed by atoms with van der Waals surface area (Å²) in [6.45, 7) is 2.21. The van der Waals surface area contributed by atoms with Crippen LogP contribution in [0.15, 0.2) is 0 Å². The van der Waals surface area contributed by atoms with Gasteiger partial charge in [-0.15, -0.1) is 6.42 Å². The molecule has 2 heteroatoms. The average molecular weight is 220 g/mol. The predicted molar refractivity (Wildman–Crippen MR) is 65.6 cm³/mol. The lowest BCUT2D eigenvalue weighted by molar-refractivity contribution is -0.135. The molecule has 0 amide bonds. The summed E-state index contributed by atoms with van der Waals surface area (Å²) in [6.07, 6.45) is 13.1. The molecule has 0 aromatic rings.